The van der Waals surface area contributed by atoms with Crippen molar-refractivity contribution in [3.05, 3.63) is 18.1 Å². The van der Waals surface area contributed by atoms with Crippen molar-refractivity contribution in [3.8, 4) is 0 Å². The topological polar surface area (TPSA) is 41.1 Å². The van der Waals surface area contributed by atoms with Gasteiger partial charge in [-0.1, -0.05) is 0 Å². The molecule has 0 saturated heterocycles. The Morgan fingerprint density at radius 2 is 2.11 bits per heavy atom. The van der Waals surface area contributed by atoms with Crippen LogP contribution >= 0.6 is 0 Å². The van der Waals surface area contributed by atoms with E-state index in [1.165, 1.54) is 25.7 Å². The van der Waals surface area contributed by atoms with Crippen molar-refractivity contribution in [2.75, 3.05) is 11.9 Å². The number of nitrogens with zero attached hydrogens (tertiary/aromatic N) is 3. The van der Waals surface area contributed by atoms with Gasteiger partial charge in [-0.05, 0) is 38.5 Å². The zero-order valence-corrected chi connectivity index (χ0v) is 11.3. The first-order valence-electron chi connectivity index (χ1n) is 7.01. The highest BCUT2D eigenvalue weighted by Gasteiger charge is 2.31. The first kappa shape index (κ1) is 11.9. The molecule has 4 heteroatoms. The van der Waals surface area contributed by atoms with Crippen LogP contribution in [0.5, 0.6) is 0 Å². The fraction of sp³-hybridized carbons (Fsp3) is 0.714. The fourth-order valence-corrected chi connectivity index (χ4v) is 2.29. The van der Waals surface area contributed by atoms with Crippen LogP contribution in [0.15, 0.2) is 12.4 Å². The van der Waals surface area contributed by atoms with Crippen molar-refractivity contribution < 1.29 is 0 Å². The van der Waals surface area contributed by atoms with E-state index >= 15 is 0 Å². The predicted molar refractivity (Wildman–Crippen MR) is 72.5 cm³/mol. The van der Waals surface area contributed by atoms with Crippen molar-refractivity contribution in [1.29, 1.82) is 0 Å². The quantitative estimate of drug-likeness (QED) is 0.833. The summed E-state index contributed by atoms with van der Waals surface area (Å²) < 4.78 is 0. The summed E-state index contributed by atoms with van der Waals surface area (Å²) in [6.45, 7) is 3.13. The van der Waals surface area contributed by atoms with Gasteiger partial charge in [-0.25, -0.2) is 4.98 Å². The van der Waals surface area contributed by atoms with Gasteiger partial charge < -0.3 is 10.2 Å². The van der Waals surface area contributed by atoms with Crippen LogP contribution in [0, 0.1) is 5.92 Å². The van der Waals surface area contributed by atoms with Gasteiger partial charge in [0.05, 0.1) is 11.9 Å². The number of hydrogen-bond acceptors (Lipinski definition) is 4. The molecule has 98 valence electrons. The summed E-state index contributed by atoms with van der Waals surface area (Å²) >= 11 is 0. The van der Waals surface area contributed by atoms with Crippen molar-refractivity contribution in [2.45, 2.75) is 51.2 Å². The summed E-state index contributed by atoms with van der Waals surface area (Å²) in [5.74, 6) is 1.86. The molecular formula is C14H22N4. The smallest absolute Gasteiger partial charge is 0.147 e. The van der Waals surface area contributed by atoms with Crippen LogP contribution in [-0.4, -0.2) is 29.1 Å². The molecule has 0 bridgehead atoms. The molecule has 0 radical (unpaired) electrons. The molecule has 1 unspecified atom stereocenters. The van der Waals surface area contributed by atoms with Gasteiger partial charge in [-0.2, -0.15) is 0 Å². The van der Waals surface area contributed by atoms with Gasteiger partial charge in [-0.3, -0.25) is 4.98 Å². The average Bonchev–Trinajstić information content (AvgIpc) is 3.28. The van der Waals surface area contributed by atoms with E-state index in [2.05, 4.69) is 29.2 Å². The Morgan fingerprint density at radius 1 is 1.33 bits per heavy atom. The number of aromatic nitrogens is 2. The highest BCUT2D eigenvalue weighted by Crippen LogP contribution is 2.35. The molecule has 4 nitrogen and oxygen atoms in total. The molecule has 1 atom stereocenters. The van der Waals surface area contributed by atoms with E-state index in [4.69, 9.17) is 4.98 Å². The Balaban J connectivity index is 1.64. The second kappa shape index (κ2) is 4.84. The second-order valence-corrected chi connectivity index (χ2v) is 5.71. The zero-order chi connectivity index (χ0) is 12.5. The molecule has 0 spiro atoms. The number of anilines is 1. The molecule has 1 heterocycles. The standard InChI is InChI=1S/C14H22N4/c1-10(11-3-4-11)18(2)14-9-15-7-13(17-14)8-16-12-5-6-12/h7,9-12,16H,3-6,8H2,1-2H3. The van der Waals surface area contributed by atoms with Gasteiger partial charge >= 0.3 is 0 Å². The van der Waals surface area contributed by atoms with Crippen LogP contribution in [0.4, 0.5) is 5.82 Å². The van der Waals surface area contributed by atoms with Crippen LogP contribution < -0.4 is 10.2 Å². The second-order valence-electron chi connectivity index (χ2n) is 5.71. The normalized spacial score (nSPS) is 20.8. The Kier molecular flexibility index (Phi) is 3.20. The summed E-state index contributed by atoms with van der Waals surface area (Å²) in [5.41, 5.74) is 1.05. The SMILES string of the molecule is CC(C1CC1)N(C)c1cncc(CNC2CC2)n1. The molecule has 2 saturated carbocycles. The maximum Gasteiger partial charge on any atom is 0.147 e. The van der Waals surface area contributed by atoms with Gasteiger partial charge in [-0.15, -0.1) is 0 Å². The van der Waals surface area contributed by atoms with Gasteiger partial charge in [0.15, 0.2) is 0 Å². The van der Waals surface area contributed by atoms with Crippen LogP contribution in [0.1, 0.15) is 38.3 Å². The third-order valence-electron chi connectivity index (χ3n) is 4.10. The monoisotopic (exact) mass is 246 g/mol. The summed E-state index contributed by atoms with van der Waals surface area (Å²) in [6.07, 6.45) is 9.09. The maximum atomic E-state index is 4.70. The lowest BCUT2D eigenvalue weighted by Crippen LogP contribution is -2.31. The highest BCUT2D eigenvalue weighted by atomic mass is 15.2. The van der Waals surface area contributed by atoms with E-state index in [-0.39, 0.29) is 0 Å². The maximum absolute atomic E-state index is 4.70. The molecule has 18 heavy (non-hydrogen) atoms. The lowest BCUT2D eigenvalue weighted by molar-refractivity contribution is 0.599. The Bertz CT molecular complexity index is 412. The molecule has 0 amide bonds. The van der Waals surface area contributed by atoms with E-state index in [0.717, 1.165) is 30.0 Å². The molecular weight excluding hydrogens is 224 g/mol. The molecule has 0 aliphatic heterocycles. The van der Waals surface area contributed by atoms with E-state index in [9.17, 15) is 0 Å². The number of nitrogens with one attached hydrogen (secondary N) is 1. The summed E-state index contributed by atoms with van der Waals surface area (Å²) in [4.78, 5) is 11.3. The molecule has 2 fully saturated rings. The van der Waals surface area contributed by atoms with E-state index in [0.29, 0.717) is 6.04 Å². The summed E-state index contributed by atoms with van der Waals surface area (Å²) in [6, 6.07) is 1.30. The summed E-state index contributed by atoms with van der Waals surface area (Å²) in [5, 5.41) is 3.48. The third-order valence-corrected chi connectivity index (χ3v) is 4.10. The predicted octanol–water partition coefficient (Wildman–Crippen LogP) is 1.96. The molecule has 1 aromatic rings. The molecule has 1 N–H and O–H groups in total. The van der Waals surface area contributed by atoms with Crippen LogP contribution in [-0.2, 0) is 6.54 Å². The highest BCUT2D eigenvalue weighted by molar-refractivity contribution is 5.37. The minimum absolute atomic E-state index is 0.575. The van der Waals surface area contributed by atoms with Crippen LogP contribution in [0.2, 0.25) is 0 Å². The van der Waals surface area contributed by atoms with Crippen LogP contribution in [0.25, 0.3) is 0 Å². The van der Waals surface area contributed by atoms with Crippen molar-refractivity contribution in [1.82, 2.24) is 15.3 Å². The molecule has 0 aromatic carbocycles. The Labute approximate surface area is 109 Å². The fourth-order valence-electron chi connectivity index (χ4n) is 2.29. The Morgan fingerprint density at radius 3 is 2.78 bits per heavy atom. The lowest BCUT2D eigenvalue weighted by Gasteiger charge is -2.25. The van der Waals surface area contributed by atoms with Gasteiger partial charge in [0, 0.05) is 31.9 Å². The van der Waals surface area contributed by atoms with E-state index in [1.807, 2.05) is 12.4 Å². The third kappa shape index (κ3) is 2.80. The van der Waals surface area contributed by atoms with Gasteiger partial charge in [0.2, 0.25) is 0 Å². The van der Waals surface area contributed by atoms with E-state index in [1.54, 1.807) is 0 Å². The van der Waals surface area contributed by atoms with Gasteiger partial charge in [0.1, 0.15) is 5.82 Å². The minimum Gasteiger partial charge on any atom is -0.355 e. The molecule has 2 aliphatic rings. The van der Waals surface area contributed by atoms with Crippen LogP contribution in [0.3, 0.4) is 0 Å². The summed E-state index contributed by atoms with van der Waals surface area (Å²) in [7, 11) is 2.13. The number of rotatable bonds is 6. The molecule has 2 aliphatic carbocycles. The first-order chi connectivity index (χ1) is 8.74. The van der Waals surface area contributed by atoms with Crippen molar-refractivity contribution in [3.63, 3.8) is 0 Å². The average molecular weight is 246 g/mol. The molecule has 1 aromatic heterocycles. The van der Waals surface area contributed by atoms with E-state index < -0.39 is 0 Å². The minimum atomic E-state index is 0.575. The Hall–Kier alpha value is -1.16. The molecule has 3 rings (SSSR count). The lowest BCUT2D eigenvalue weighted by atomic mass is 10.2. The number of hydrogen-bond donors (Lipinski definition) is 1. The largest absolute Gasteiger partial charge is 0.355 e. The zero-order valence-electron chi connectivity index (χ0n) is 11.3. The van der Waals surface area contributed by atoms with Gasteiger partial charge in [0.25, 0.3) is 0 Å². The van der Waals surface area contributed by atoms with Crippen molar-refractivity contribution in [2.24, 2.45) is 5.92 Å². The first-order valence-corrected chi connectivity index (χ1v) is 7.01. The van der Waals surface area contributed by atoms with Crippen molar-refractivity contribution >= 4 is 5.82 Å².